The second-order valence-electron chi connectivity index (χ2n) is 9.48. The van der Waals surface area contributed by atoms with Gasteiger partial charge >= 0.3 is 0 Å². The minimum absolute atomic E-state index is 0.00420. The lowest BCUT2D eigenvalue weighted by Crippen LogP contribution is -2.55. The highest BCUT2D eigenvalue weighted by atomic mass is 32.2. The summed E-state index contributed by atoms with van der Waals surface area (Å²) in [6.45, 7) is 4.64. The highest BCUT2D eigenvalue weighted by molar-refractivity contribution is 7.88. The van der Waals surface area contributed by atoms with Gasteiger partial charge in [0.2, 0.25) is 15.9 Å². The highest BCUT2D eigenvalue weighted by Gasteiger charge is 2.37. The number of anilines is 2. The number of nitrogens with one attached hydrogen (secondary N) is 2. The molecule has 1 amide bonds. The van der Waals surface area contributed by atoms with E-state index in [0.29, 0.717) is 17.6 Å². The third-order valence-electron chi connectivity index (χ3n) is 6.66. The van der Waals surface area contributed by atoms with Gasteiger partial charge in [0, 0.05) is 32.2 Å². The molecule has 1 saturated carbocycles. The number of primary amides is 1. The molecule has 0 spiro atoms. The first-order valence-corrected chi connectivity index (χ1v) is 13.6. The molecule has 2 heterocycles. The molecule has 2 aliphatic rings. The summed E-state index contributed by atoms with van der Waals surface area (Å²) in [5.74, 6) is 1.43. The zero-order valence-corrected chi connectivity index (χ0v) is 20.9. The van der Waals surface area contributed by atoms with Gasteiger partial charge in [-0.15, -0.1) is 0 Å². The Kier molecular flexibility index (Phi) is 7.39. The fraction of sp³-hybridized carbons (Fsp3) is 0.458. The van der Waals surface area contributed by atoms with E-state index in [1.807, 2.05) is 37.3 Å². The molecule has 1 aromatic carbocycles. The molecule has 0 unspecified atom stereocenters. The van der Waals surface area contributed by atoms with Crippen molar-refractivity contribution in [3.63, 3.8) is 0 Å². The van der Waals surface area contributed by atoms with E-state index in [1.54, 1.807) is 0 Å². The largest absolute Gasteiger partial charge is 0.383 e. The molecular formula is C24H33N7O3S. The molecule has 10 nitrogen and oxygen atoms in total. The van der Waals surface area contributed by atoms with E-state index in [4.69, 9.17) is 11.5 Å². The van der Waals surface area contributed by atoms with Gasteiger partial charge in [0.25, 0.3) is 0 Å². The monoisotopic (exact) mass is 499 g/mol. The van der Waals surface area contributed by atoms with Crippen LogP contribution in [0.1, 0.15) is 36.5 Å². The number of amides is 1. The number of hydrogen-bond acceptors (Lipinski definition) is 8. The van der Waals surface area contributed by atoms with Gasteiger partial charge in [0.15, 0.2) is 0 Å². The maximum atomic E-state index is 11.5. The summed E-state index contributed by atoms with van der Waals surface area (Å²) in [5, 5.41) is 3.54. The van der Waals surface area contributed by atoms with Gasteiger partial charge < -0.3 is 21.7 Å². The number of allylic oxidation sites excluding steroid dienone is 1. The third-order valence-corrected chi connectivity index (χ3v) is 7.33. The van der Waals surface area contributed by atoms with Gasteiger partial charge in [-0.1, -0.05) is 24.3 Å². The maximum absolute atomic E-state index is 11.5. The van der Waals surface area contributed by atoms with E-state index in [0.717, 1.165) is 61.0 Å². The lowest BCUT2D eigenvalue weighted by molar-refractivity contribution is -0.127. The van der Waals surface area contributed by atoms with Gasteiger partial charge in [-0.2, -0.15) is 0 Å². The number of likely N-dealkylation sites (tertiary alicyclic amines) is 1. The summed E-state index contributed by atoms with van der Waals surface area (Å²) >= 11 is 0. The van der Waals surface area contributed by atoms with Crippen molar-refractivity contribution in [3.05, 3.63) is 53.4 Å². The molecule has 1 aliphatic heterocycles. The van der Waals surface area contributed by atoms with Gasteiger partial charge in [-0.25, -0.2) is 23.1 Å². The summed E-state index contributed by atoms with van der Waals surface area (Å²) in [6.07, 6.45) is 6.59. The van der Waals surface area contributed by atoms with Crippen LogP contribution in [0.15, 0.2) is 36.7 Å². The van der Waals surface area contributed by atoms with Gasteiger partial charge in [0.1, 0.15) is 18.0 Å². The minimum Gasteiger partial charge on any atom is -0.383 e. The normalized spacial score (nSPS) is 21.3. The van der Waals surface area contributed by atoms with Gasteiger partial charge in [-0.3, -0.25) is 4.79 Å². The van der Waals surface area contributed by atoms with E-state index >= 15 is 0 Å². The molecule has 1 aliphatic carbocycles. The number of sulfonamides is 1. The quantitative estimate of drug-likeness (QED) is 0.379. The zero-order chi connectivity index (χ0) is 25.2. The van der Waals surface area contributed by atoms with Crippen molar-refractivity contribution >= 4 is 33.1 Å². The van der Waals surface area contributed by atoms with Crippen LogP contribution in [0.4, 0.5) is 11.6 Å². The van der Waals surface area contributed by atoms with Crippen LogP contribution in [0.5, 0.6) is 0 Å². The molecule has 11 heteroatoms. The minimum atomic E-state index is -3.29. The Morgan fingerprint density at radius 1 is 1.26 bits per heavy atom. The Morgan fingerprint density at radius 3 is 2.66 bits per heavy atom. The molecule has 1 saturated heterocycles. The average Bonchev–Trinajstić information content (AvgIpc) is 2.74. The predicted octanol–water partition coefficient (Wildman–Crippen LogP) is 1.17. The summed E-state index contributed by atoms with van der Waals surface area (Å²) < 4.78 is 25.5. The topological polar surface area (TPSA) is 156 Å². The van der Waals surface area contributed by atoms with Crippen LogP contribution in [0.3, 0.4) is 0 Å². The maximum Gasteiger partial charge on any atom is 0.223 e. The zero-order valence-electron chi connectivity index (χ0n) is 20.1. The van der Waals surface area contributed by atoms with E-state index in [2.05, 4.69) is 24.9 Å². The van der Waals surface area contributed by atoms with Gasteiger partial charge in [0.05, 0.1) is 17.7 Å². The Bertz CT molecular complexity index is 1220. The number of rotatable bonds is 10. The number of nitrogens with two attached hydrogens (primary N) is 2. The number of hydrogen-bond donors (Lipinski definition) is 4. The van der Waals surface area contributed by atoms with Crippen LogP contribution in [0, 0.1) is 11.8 Å². The summed E-state index contributed by atoms with van der Waals surface area (Å²) in [5.41, 5.74) is 15.0. The number of aromatic nitrogens is 2. The Morgan fingerprint density at radius 2 is 2.00 bits per heavy atom. The van der Waals surface area contributed by atoms with Crippen LogP contribution < -0.4 is 21.5 Å². The fourth-order valence-corrected chi connectivity index (χ4v) is 5.18. The molecule has 0 atom stereocenters. The van der Waals surface area contributed by atoms with E-state index in [-0.39, 0.29) is 24.4 Å². The lowest BCUT2D eigenvalue weighted by Gasteiger charge is -2.44. The SMILES string of the molecule is C/C=C(/c1cccc(CNS(C)(=O)=O)c1)c1c(N)ncnc1NC1CC(CN2CC(C(N)=O)C2)C1. The van der Waals surface area contributed by atoms with Crippen LogP contribution in [-0.2, 0) is 21.4 Å². The van der Waals surface area contributed by atoms with E-state index < -0.39 is 10.0 Å². The summed E-state index contributed by atoms with van der Waals surface area (Å²) in [7, 11) is -3.29. The molecule has 6 N–H and O–H groups in total. The molecule has 4 rings (SSSR count). The van der Waals surface area contributed by atoms with Crippen molar-refractivity contribution in [1.29, 1.82) is 0 Å². The smallest absolute Gasteiger partial charge is 0.223 e. The van der Waals surface area contributed by atoms with Gasteiger partial charge in [-0.05, 0) is 48.4 Å². The van der Waals surface area contributed by atoms with Crippen LogP contribution in [0.2, 0.25) is 0 Å². The predicted molar refractivity (Wildman–Crippen MR) is 137 cm³/mol. The van der Waals surface area contributed by atoms with Crippen molar-refractivity contribution in [2.24, 2.45) is 17.6 Å². The molecule has 35 heavy (non-hydrogen) atoms. The van der Waals surface area contributed by atoms with Crippen molar-refractivity contribution in [1.82, 2.24) is 19.6 Å². The molecule has 0 bridgehead atoms. The highest BCUT2D eigenvalue weighted by Crippen LogP contribution is 2.36. The second kappa shape index (κ2) is 10.3. The molecule has 2 fully saturated rings. The third kappa shape index (κ3) is 6.16. The molecule has 188 valence electrons. The molecule has 0 radical (unpaired) electrons. The van der Waals surface area contributed by atoms with Crippen molar-refractivity contribution in [3.8, 4) is 0 Å². The van der Waals surface area contributed by atoms with E-state index in [9.17, 15) is 13.2 Å². The van der Waals surface area contributed by atoms with E-state index in [1.165, 1.54) is 6.33 Å². The number of benzene rings is 1. The molecular weight excluding hydrogens is 466 g/mol. The number of carbonyl (C=O) groups is 1. The Balaban J connectivity index is 1.43. The fourth-order valence-electron chi connectivity index (χ4n) is 4.75. The first-order chi connectivity index (χ1) is 16.6. The Hall–Kier alpha value is -3.02. The first kappa shape index (κ1) is 25.1. The van der Waals surface area contributed by atoms with Crippen molar-refractivity contribution < 1.29 is 13.2 Å². The van der Waals surface area contributed by atoms with Crippen LogP contribution >= 0.6 is 0 Å². The first-order valence-electron chi connectivity index (χ1n) is 11.7. The second-order valence-corrected chi connectivity index (χ2v) is 11.3. The van der Waals surface area contributed by atoms with Crippen molar-refractivity contribution in [2.75, 3.05) is 36.9 Å². The average molecular weight is 500 g/mol. The number of nitrogen functional groups attached to an aromatic ring is 1. The molecule has 1 aromatic heterocycles. The standard InChI is InChI=1S/C24H33N7O3S/c1-3-20(17-6-4-5-15(7-17)10-29-35(2,33)34)21-22(25)27-14-28-24(21)30-19-8-16(9-19)11-31-12-18(13-31)23(26)32/h3-7,14,16,18-19,29H,8-13H2,1-2H3,(H2,26,32)(H3,25,27,28,30)/b20-3-. The summed E-state index contributed by atoms with van der Waals surface area (Å²) in [6, 6.07) is 7.94. The van der Waals surface area contributed by atoms with Crippen LogP contribution in [-0.4, -0.2) is 61.1 Å². The van der Waals surface area contributed by atoms with Crippen LogP contribution in [0.25, 0.3) is 5.57 Å². The molecule has 2 aromatic rings. The Labute approximate surface area is 206 Å². The summed E-state index contributed by atoms with van der Waals surface area (Å²) in [4.78, 5) is 22.2. The lowest BCUT2D eigenvalue weighted by atomic mass is 9.79. The number of carbonyl (C=O) groups excluding carboxylic acids is 1. The number of nitrogens with zero attached hydrogens (tertiary/aromatic N) is 3. The van der Waals surface area contributed by atoms with Crippen molar-refractivity contribution in [2.45, 2.75) is 32.4 Å².